The summed E-state index contributed by atoms with van der Waals surface area (Å²) in [5.74, 6) is -0.945. The summed E-state index contributed by atoms with van der Waals surface area (Å²) in [5.41, 5.74) is 4.68. The van der Waals surface area contributed by atoms with E-state index in [2.05, 4.69) is 4.98 Å². The zero-order valence-corrected chi connectivity index (χ0v) is 15.8. The predicted octanol–water partition coefficient (Wildman–Crippen LogP) is 0.896. The van der Waals surface area contributed by atoms with E-state index in [4.69, 9.17) is 15.2 Å². The molecule has 3 N–H and O–H groups in total. The second-order valence-electron chi connectivity index (χ2n) is 6.07. The van der Waals surface area contributed by atoms with Gasteiger partial charge in [-0.15, -0.1) is 0 Å². The number of carbonyl (C=O) groups is 2. The van der Waals surface area contributed by atoms with Crippen molar-refractivity contribution in [1.29, 1.82) is 0 Å². The number of H-pyrrole nitrogens is 1. The summed E-state index contributed by atoms with van der Waals surface area (Å²) in [6.45, 7) is 1.44. The van der Waals surface area contributed by atoms with Crippen molar-refractivity contribution in [3.8, 4) is 5.75 Å². The van der Waals surface area contributed by atoms with Crippen molar-refractivity contribution in [2.45, 2.75) is 32.7 Å². The molecule has 9 heteroatoms. The molecular formula is C19H23N3O6. The van der Waals surface area contributed by atoms with Crippen LogP contribution in [0.3, 0.4) is 0 Å². The highest BCUT2D eigenvalue weighted by Gasteiger charge is 2.20. The van der Waals surface area contributed by atoms with E-state index in [0.29, 0.717) is 18.6 Å². The van der Waals surface area contributed by atoms with E-state index in [1.54, 1.807) is 6.07 Å². The number of Topliss-reactive ketones (excluding diaryl/α,β-unsaturated/α-hetero) is 1. The summed E-state index contributed by atoms with van der Waals surface area (Å²) in [6.07, 6.45) is 0.998. The number of nitrogens with two attached hydrogens (primary N) is 1. The van der Waals surface area contributed by atoms with Gasteiger partial charge < -0.3 is 15.2 Å². The number of nitrogens with zero attached hydrogens (tertiary/aromatic N) is 1. The van der Waals surface area contributed by atoms with Crippen LogP contribution in [0.2, 0.25) is 0 Å². The topological polar surface area (TPSA) is 133 Å². The number of hydrogen-bond donors (Lipinski definition) is 2. The van der Waals surface area contributed by atoms with Crippen molar-refractivity contribution in [2.24, 2.45) is 0 Å². The van der Waals surface area contributed by atoms with Crippen molar-refractivity contribution in [3.05, 3.63) is 56.2 Å². The Morgan fingerprint density at radius 1 is 1.21 bits per heavy atom. The molecule has 9 nitrogen and oxygen atoms in total. The largest absolute Gasteiger partial charge is 0.496 e. The number of ketones is 1. The van der Waals surface area contributed by atoms with Crippen LogP contribution in [0.1, 0.15) is 35.7 Å². The Labute approximate surface area is 161 Å². The number of ether oxygens (including phenoxy) is 2. The van der Waals surface area contributed by atoms with Crippen molar-refractivity contribution in [2.75, 3.05) is 19.5 Å². The van der Waals surface area contributed by atoms with Crippen LogP contribution in [-0.2, 0) is 22.5 Å². The SMILES string of the molecule is CCCn1c(N)c(C(=O)COC(=O)CCc2ccccc2OC)c(=O)[nH]c1=O. The maximum atomic E-state index is 12.3. The number of nitrogens with one attached hydrogen (secondary N) is 1. The average molecular weight is 389 g/mol. The highest BCUT2D eigenvalue weighted by atomic mass is 16.5. The van der Waals surface area contributed by atoms with Crippen molar-refractivity contribution in [1.82, 2.24) is 9.55 Å². The van der Waals surface area contributed by atoms with Crippen molar-refractivity contribution >= 4 is 17.6 Å². The molecule has 0 aliphatic carbocycles. The molecule has 0 unspecified atom stereocenters. The predicted molar refractivity (Wildman–Crippen MR) is 103 cm³/mol. The van der Waals surface area contributed by atoms with Crippen LogP contribution < -0.4 is 21.7 Å². The molecule has 0 fully saturated rings. The van der Waals surface area contributed by atoms with Gasteiger partial charge in [0.15, 0.2) is 6.61 Å². The number of aromatic amines is 1. The van der Waals surface area contributed by atoms with Gasteiger partial charge in [-0.25, -0.2) is 4.79 Å². The van der Waals surface area contributed by atoms with Gasteiger partial charge in [-0.2, -0.15) is 0 Å². The lowest BCUT2D eigenvalue weighted by Gasteiger charge is -2.11. The lowest BCUT2D eigenvalue weighted by molar-refractivity contribution is -0.142. The Morgan fingerprint density at radius 2 is 1.93 bits per heavy atom. The number of rotatable bonds is 9. The van der Waals surface area contributed by atoms with Gasteiger partial charge in [-0.3, -0.25) is 23.9 Å². The minimum Gasteiger partial charge on any atom is -0.496 e. The standard InChI is InChI=1S/C19H23N3O6/c1-3-10-22-17(20)16(18(25)21-19(22)26)13(23)11-28-15(24)9-8-12-6-4-5-7-14(12)27-2/h4-7H,3,8-11,20H2,1-2H3,(H,21,25,26). The first-order valence-corrected chi connectivity index (χ1v) is 8.82. The lowest BCUT2D eigenvalue weighted by atomic mass is 10.1. The van der Waals surface area contributed by atoms with E-state index >= 15 is 0 Å². The molecule has 150 valence electrons. The maximum absolute atomic E-state index is 12.3. The summed E-state index contributed by atoms with van der Waals surface area (Å²) in [4.78, 5) is 50.1. The van der Waals surface area contributed by atoms with Crippen LogP contribution >= 0.6 is 0 Å². The molecule has 0 aliphatic rings. The van der Waals surface area contributed by atoms with E-state index in [1.807, 2.05) is 25.1 Å². The van der Waals surface area contributed by atoms with Crippen LogP contribution in [0.15, 0.2) is 33.9 Å². The molecule has 0 atom stereocenters. The molecule has 0 radical (unpaired) electrons. The number of aryl methyl sites for hydroxylation is 1. The van der Waals surface area contributed by atoms with E-state index in [0.717, 1.165) is 10.1 Å². The molecule has 0 saturated carbocycles. The van der Waals surface area contributed by atoms with E-state index in [9.17, 15) is 19.2 Å². The van der Waals surface area contributed by atoms with Gasteiger partial charge in [0.1, 0.15) is 17.1 Å². The Morgan fingerprint density at radius 3 is 2.61 bits per heavy atom. The maximum Gasteiger partial charge on any atom is 0.329 e. The highest BCUT2D eigenvalue weighted by molar-refractivity contribution is 6.01. The van der Waals surface area contributed by atoms with Crippen molar-refractivity contribution in [3.63, 3.8) is 0 Å². The minimum atomic E-state index is -0.898. The number of aromatic nitrogens is 2. The summed E-state index contributed by atoms with van der Waals surface area (Å²) < 4.78 is 11.3. The van der Waals surface area contributed by atoms with E-state index in [-0.39, 0.29) is 24.3 Å². The van der Waals surface area contributed by atoms with Crippen LogP contribution in [-0.4, -0.2) is 35.0 Å². The molecule has 2 rings (SSSR count). The third-order valence-corrected chi connectivity index (χ3v) is 4.12. The summed E-state index contributed by atoms with van der Waals surface area (Å²) in [5, 5.41) is 0. The zero-order chi connectivity index (χ0) is 20.7. The number of carbonyl (C=O) groups excluding carboxylic acids is 2. The molecule has 1 aromatic heterocycles. The molecule has 0 bridgehead atoms. The normalized spacial score (nSPS) is 10.5. The molecule has 1 heterocycles. The molecule has 0 spiro atoms. The van der Waals surface area contributed by atoms with Crippen molar-refractivity contribution < 1.29 is 19.1 Å². The summed E-state index contributed by atoms with van der Waals surface area (Å²) in [7, 11) is 1.54. The number of anilines is 1. The number of para-hydroxylation sites is 1. The Bertz CT molecular complexity index is 976. The fourth-order valence-electron chi connectivity index (χ4n) is 2.74. The average Bonchev–Trinajstić information content (AvgIpc) is 2.68. The smallest absolute Gasteiger partial charge is 0.329 e. The fraction of sp³-hybridized carbons (Fsp3) is 0.368. The van der Waals surface area contributed by atoms with E-state index in [1.165, 1.54) is 7.11 Å². The summed E-state index contributed by atoms with van der Waals surface area (Å²) >= 11 is 0. The van der Waals surface area contributed by atoms with Crippen LogP contribution in [0.25, 0.3) is 0 Å². The Balaban J connectivity index is 2.02. The fourth-order valence-corrected chi connectivity index (χ4v) is 2.74. The molecular weight excluding hydrogens is 366 g/mol. The number of nitrogen functional groups attached to an aromatic ring is 1. The van der Waals surface area contributed by atoms with Gasteiger partial charge in [-0.1, -0.05) is 25.1 Å². The molecule has 0 amide bonds. The third-order valence-electron chi connectivity index (χ3n) is 4.12. The third kappa shape index (κ3) is 4.87. The zero-order valence-electron chi connectivity index (χ0n) is 15.8. The molecule has 0 saturated heterocycles. The molecule has 2 aromatic rings. The molecule has 28 heavy (non-hydrogen) atoms. The number of hydrogen-bond acceptors (Lipinski definition) is 7. The van der Waals surface area contributed by atoms with Crippen LogP contribution in [0.4, 0.5) is 5.82 Å². The summed E-state index contributed by atoms with van der Waals surface area (Å²) in [6, 6.07) is 7.26. The van der Waals surface area contributed by atoms with E-state index < -0.39 is 29.6 Å². The number of benzene rings is 1. The van der Waals surface area contributed by atoms with Gasteiger partial charge in [0.05, 0.1) is 7.11 Å². The highest BCUT2D eigenvalue weighted by Crippen LogP contribution is 2.19. The molecule has 1 aromatic carbocycles. The van der Waals surface area contributed by atoms with Gasteiger partial charge >= 0.3 is 11.7 Å². The number of esters is 1. The quantitative estimate of drug-likeness (QED) is 0.481. The first-order valence-electron chi connectivity index (χ1n) is 8.82. The van der Waals surface area contributed by atoms with Gasteiger partial charge in [-0.05, 0) is 24.5 Å². The van der Waals surface area contributed by atoms with Gasteiger partial charge in [0.25, 0.3) is 5.56 Å². The second-order valence-corrected chi connectivity index (χ2v) is 6.07. The Kier molecular flexibility index (Phi) is 7.14. The van der Waals surface area contributed by atoms with Gasteiger partial charge in [0.2, 0.25) is 5.78 Å². The lowest BCUT2D eigenvalue weighted by Crippen LogP contribution is -2.37. The minimum absolute atomic E-state index is 0.0365. The molecule has 0 aliphatic heterocycles. The Hall–Kier alpha value is -3.36. The number of methoxy groups -OCH3 is 1. The monoisotopic (exact) mass is 389 g/mol. The first-order chi connectivity index (χ1) is 13.4. The van der Waals surface area contributed by atoms with Crippen LogP contribution in [0, 0.1) is 0 Å². The first kappa shape index (κ1) is 20.9. The van der Waals surface area contributed by atoms with Gasteiger partial charge in [0, 0.05) is 13.0 Å². The second kappa shape index (κ2) is 9.54. The van der Waals surface area contributed by atoms with Crippen LogP contribution in [0.5, 0.6) is 5.75 Å².